The molecule has 22 heavy (non-hydrogen) atoms. The van der Waals surface area contributed by atoms with Crippen molar-refractivity contribution >= 4 is 5.97 Å². The lowest BCUT2D eigenvalue weighted by Gasteiger charge is -2.32. The summed E-state index contributed by atoms with van der Waals surface area (Å²) in [4.78, 5) is 17.5. The zero-order valence-electron chi connectivity index (χ0n) is 12.0. The Labute approximate surface area is 128 Å². The predicted molar refractivity (Wildman–Crippen MR) is 79.8 cm³/mol. The summed E-state index contributed by atoms with van der Waals surface area (Å²) in [6, 6.07) is 9.26. The Morgan fingerprint density at radius 2 is 2.05 bits per heavy atom. The average Bonchev–Trinajstić information content (AvgIpc) is 2.98. The Hall–Kier alpha value is -2.27. The first-order chi connectivity index (χ1) is 10.7. The highest BCUT2D eigenvalue weighted by molar-refractivity contribution is 5.74. The largest absolute Gasteiger partial charge is 0.480 e. The average molecular weight is 300 g/mol. The molecule has 2 unspecified atom stereocenters. The van der Waals surface area contributed by atoms with E-state index in [0.717, 1.165) is 17.5 Å². The minimum absolute atomic E-state index is 0.276. The number of carboxylic acid groups (broad SMARTS) is 1. The first kappa shape index (κ1) is 14.7. The van der Waals surface area contributed by atoms with Gasteiger partial charge in [0.1, 0.15) is 11.9 Å². The normalized spacial score (nSPS) is 20.0. The van der Waals surface area contributed by atoms with E-state index in [1.807, 2.05) is 23.1 Å². The molecule has 114 valence electrons. The van der Waals surface area contributed by atoms with Crippen LogP contribution in [0.25, 0.3) is 0 Å². The number of carboxylic acids is 1. The van der Waals surface area contributed by atoms with Crippen LogP contribution in [0.2, 0.25) is 0 Å². The second kappa shape index (κ2) is 6.23. The Bertz CT molecular complexity index is 663. The number of pyridine rings is 1. The Morgan fingerprint density at radius 3 is 2.73 bits per heavy atom. The predicted octanol–water partition coefficient (Wildman–Crippen LogP) is 2.86. The van der Waals surface area contributed by atoms with Crippen molar-refractivity contribution in [1.82, 2.24) is 9.88 Å². The van der Waals surface area contributed by atoms with Crippen LogP contribution in [-0.4, -0.2) is 33.5 Å². The van der Waals surface area contributed by atoms with Crippen molar-refractivity contribution < 1.29 is 14.3 Å². The molecule has 1 N–H and O–H groups in total. The van der Waals surface area contributed by atoms with Crippen molar-refractivity contribution in [2.75, 3.05) is 6.54 Å². The monoisotopic (exact) mass is 300 g/mol. The highest BCUT2D eigenvalue weighted by atomic mass is 19.1. The second-order valence-electron chi connectivity index (χ2n) is 5.47. The summed E-state index contributed by atoms with van der Waals surface area (Å²) < 4.78 is 13.6. The van der Waals surface area contributed by atoms with Crippen molar-refractivity contribution in [1.29, 1.82) is 0 Å². The smallest absolute Gasteiger partial charge is 0.320 e. The number of carbonyl (C=O) groups is 1. The van der Waals surface area contributed by atoms with Crippen molar-refractivity contribution in [3.63, 3.8) is 0 Å². The van der Waals surface area contributed by atoms with Gasteiger partial charge < -0.3 is 5.11 Å². The minimum Gasteiger partial charge on any atom is -0.480 e. The van der Waals surface area contributed by atoms with Crippen LogP contribution in [0.4, 0.5) is 4.39 Å². The molecule has 1 fully saturated rings. The fourth-order valence-corrected chi connectivity index (χ4v) is 3.16. The molecule has 0 amide bonds. The first-order valence-electron chi connectivity index (χ1n) is 7.31. The fourth-order valence-electron chi connectivity index (χ4n) is 3.16. The third-order valence-corrected chi connectivity index (χ3v) is 4.10. The molecule has 0 bridgehead atoms. The number of likely N-dealkylation sites (tertiary alicyclic amines) is 1. The maximum Gasteiger partial charge on any atom is 0.320 e. The SMILES string of the molecule is O=C(O)C1CCCN1C(c1ccncc1)c1cccc(F)c1. The number of hydrogen-bond acceptors (Lipinski definition) is 3. The quantitative estimate of drug-likeness (QED) is 0.943. The zero-order valence-corrected chi connectivity index (χ0v) is 12.0. The molecule has 0 aliphatic carbocycles. The molecule has 3 rings (SSSR count). The van der Waals surface area contributed by atoms with Crippen molar-refractivity contribution in [3.05, 3.63) is 65.7 Å². The van der Waals surface area contributed by atoms with Gasteiger partial charge in [0.25, 0.3) is 0 Å². The number of halogens is 1. The molecule has 2 aromatic rings. The van der Waals surface area contributed by atoms with E-state index in [1.54, 1.807) is 18.5 Å². The molecular formula is C17H17FN2O2. The van der Waals surface area contributed by atoms with E-state index in [9.17, 15) is 14.3 Å². The third kappa shape index (κ3) is 2.85. The lowest BCUT2D eigenvalue weighted by molar-refractivity contribution is -0.142. The maximum atomic E-state index is 13.6. The standard InChI is InChI=1S/C17H17FN2O2/c18-14-4-1-3-13(11-14)16(12-6-8-19-9-7-12)20-10-2-5-15(20)17(21)22/h1,3-4,6-9,11,15-16H,2,5,10H2,(H,21,22). The summed E-state index contributed by atoms with van der Waals surface area (Å²) in [5.41, 5.74) is 1.69. The molecule has 0 radical (unpaired) electrons. The van der Waals surface area contributed by atoms with Crippen LogP contribution >= 0.6 is 0 Å². The van der Waals surface area contributed by atoms with Gasteiger partial charge in [-0.3, -0.25) is 14.7 Å². The fraction of sp³-hybridized carbons (Fsp3) is 0.294. The van der Waals surface area contributed by atoms with Gasteiger partial charge in [-0.25, -0.2) is 4.39 Å². The molecule has 1 aromatic carbocycles. The van der Waals surface area contributed by atoms with Gasteiger partial charge in [0, 0.05) is 18.9 Å². The van der Waals surface area contributed by atoms with E-state index in [1.165, 1.54) is 12.1 Å². The number of benzene rings is 1. The minimum atomic E-state index is -0.826. The van der Waals surface area contributed by atoms with E-state index < -0.39 is 12.0 Å². The molecule has 0 spiro atoms. The Balaban J connectivity index is 2.05. The van der Waals surface area contributed by atoms with Crippen LogP contribution in [0.5, 0.6) is 0 Å². The van der Waals surface area contributed by atoms with Gasteiger partial charge in [0.05, 0.1) is 6.04 Å². The zero-order chi connectivity index (χ0) is 15.5. The summed E-state index contributed by atoms with van der Waals surface area (Å²) in [5, 5.41) is 9.45. The lowest BCUT2D eigenvalue weighted by atomic mass is 9.97. The van der Waals surface area contributed by atoms with E-state index in [2.05, 4.69) is 4.98 Å². The highest BCUT2D eigenvalue weighted by Crippen LogP contribution is 2.34. The van der Waals surface area contributed by atoms with Gasteiger partial charge in [-0.1, -0.05) is 12.1 Å². The van der Waals surface area contributed by atoms with Crippen LogP contribution in [0.15, 0.2) is 48.8 Å². The summed E-state index contributed by atoms with van der Waals surface area (Å²) >= 11 is 0. The number of nitrogens with zero attached hydrogens (tertiary/aromatic N) is 2. The molecule has 4 nitrogen and oxygen atoms in total. The van der Waals surface area contributed by atoms with Crippen LogP contribution in [0.3, 0.4) is 0 Å². The molecule has 1 aliphatic heterocycles. The van der Waals surface area contributed by atoms with Gasteiger partial charge in [-0.05, 0) is 48.2 Å². The summed E-state index contributed by atoms with van der Waals surface area (Å²) in [6.07, 6.45) is 4.79. The van der Waals surface area contributed by atoms with Crippen molar-refractivity contribution in [2.45, 2.75) is 24.9 Å². The highest BCUT2D eigenvalue weighted by Gasteiger charge is 2.36. The lowest BCUT2D eigenvalue weighted by Crippen LogP contribution is -2.39. The van der Waals surface area contributed by atoms with E-state index in [-0.39, 0.29) is 11.9 Å². The first-order valence-corrected chi connectivity index (χ1v) is 7.31. The van der Waals surface area contributed by atoms with Gasteiger partial charge in [-0.2, -0.15) is 0 Å². The molecule has 2 atom stereocenters. The van der Waals surface area contributed by atoms with Crippen LogP contribution in [0.1, 0.15) is 30.0 Å². The van der Waals surface area contributed by atoms with E-state index >= 15 is 0 Å². The molecule has 1 saturated heterocycles. The third-order valence-electron chi connectivity index (χ3n) is 4.10. The van der Waals surface area contributed by atoms with Gasteiger partial charge in [-0.15, -0.1) is 0 Å². The van der Waals surface area contributed by atoms with Crippen LogP contribution in [0, 0.1) is 5.82 Å². The van der Waals surface area contributed by atoms with Crippen molar-refractivity contribution in [3.8, 4) is 0 Å². The van der Waals surface area contributed by atoms with Gasteiger partial charge in [0.15, 0.2) is 0 Å². The Kier molecular flexibility index (Phi) is 4.15. The molecule has 5 heteroatoms. The molecule has 1 aromatic heterocycles. The molecule has 1 aliphatic rings. The number of hydrogen-bond donors (Lipinski definition) is 1. The topological polar surface area (TPSA) is 53.4 Å². The molecule has 0 saturated carbocycles. The van der Waals surface area contributed by atoms with Gasteiger partial charge >= 0.3 is 5.97 Å². The van der Waals surface area contributed by atoms with E-state index in [4.69, 9.17) is 0 Å². The Morgan fingerprint density at radius 1 is 1.27 bits per heavy atom. The number of rotatable bonds is 4. The molecule has 2 heterocycles. The second-order valence-corrected chi connectivity index (χ2v) is 5.47. The summed E-state index contributed by atoms with van der Waals surface area (Å²) in [5.74, 6) is -1.14. The molecular weight excluding hydrogens is 283 g/mol. The summed E-state index contributed by atoms with van der Waals surface area (Å²) in [7, 11) is 0. The van der Waals surface area contributed by atoms with Gasteiger partial charge in [0.2, 0.25) is 0 Å². The van der Waals surface area contributed by atoms with Crippen LogP contribution in [-0.2, 0) is 4.79 Å². The maximum absolute atomic E-state index is 13.6. The number of aliphatic carboxylic acids is 1. The number of aromatic nitrogens is 1. The van der Waals surface area contributed by atoms with Crippen LogP contribution < -0.4 is 0 Å². The summed E-state index contributed by atoms with van der Waals surface area (Å²) in [6.45, 7) is 0.681. The van der Waals surface area contributed by atoms with E-state index in [0.29, 0.717) is 13.0 Å². The van der Waals surface area contributed by atoms with Crippen molar-refractivity contribution in [2.24, 2.45) is 0 Å².